The predicted molar refractivity (Wildman–Crippen MR) is 77.1 cm³/mol. The van der Waals surface area contributed by atoms with Gasteiger partial charge in [0.15, 0.2) is 0 Å². The first kappa shape index (κ1) is 12.4. The van der Waals surface area contributed by atoms with Crippen LogP contribution in [0.5, 0.6) is 0 Å². The maximum Gasteiger partial charge on any atom is 0.230 e. The van der Waals surface area contributed by atoms with E-state index in [-0.39, 0.29) is 11.3 Å². The minimum absolute atomic E-state index is 0.139. The van der Waals surface area contributed by atoms with Crippen molar-refractivity contribution in [3.63, 3.8) is 0 Å². The second-order valence-electron chi connectivity index (χ2n) is 8.35. The van der Waals surface area contributed by atoms with E-state index in [0.717, 1.165) is 30.9 Å². The van der Waals surface area contributed by atoms with Crippen LogP contribution >= 0.6 is 0 Å². The number of aromatic amines is 1. The van der Waals surface area contributed by atoms with Gasteiger partial charge >= 0.3 is 0 Å². The predicted octanol–water partition coefficient (Wildman–Crippen LogP) is 3.34. The van der Waals surface area contributed by atoms with Crippen LogP contribution in [0.15, 0.2) is 12.4 Å². The summed E-state index contributed by atoms with van der Waals surface area (Å²) in [6, 6.07) is 0. The SMILES string of the molecule is CC12CC3CC(C)(C1)CC(C(=O)Nc1cn[nH]c1)(C3)C2. The Kier molecular flexibility index (Phi) is 2.27. The highest BCUT2D eigenvalue weighted by atomic mass is 16.2. The summed E-state index contributed by atoms with van der Waals surface area (Å²) in [7, 11) is 0. The molecule has 0 spiro atoms. The molecule has 20 heavy (non-hydrogen) atoms. The highest BCUT2D eigenvalue weighted by molar-refractivity contribution is 5.95. The molecular formula is C16H23N3O. The average molecular weight is 273 g/mol. The van der Waals surface area contributed by atoms with E-state index in [4.69, 9.17) is 0 Å². The fourth-order valence-corrected chi connectivity index (χ4v) is 6.28. The number of nitrogens with one attached hydrogen (secondary N) is 2. The number of nitrogens with zero attached hydrogens (tertiary/aromatic N) is 1. The molecule has 0 aliphatic heterocycles. The van der Waals surface area contributed by atoms with Gasteiger partial charge < -0.3 is 5.32 Å². The number of carbonyl (C=O) groups excluding carboxylic acids is 1. The maximum absolute atomic E-state index is 12.9. The summed E-state index contributed by atoms with van der Waals surface area (Å²) in [5.74, 6) is 0.969. The lowest BCUT2D eigenvalue weighted by Crippen LogP contribution is -2.58. The van der Waals surface area contributed by atoms with Crippen molar-refractivity contribution in [1.29, 1.82) is 0 Å². The van der Waals surface area contributed by atoms with Crippen LogP contribution in [0.25, 0.3) is 0 Å². The molecule has 4 saturated carbocycles. The summed E-state index contributed by atoms with van der Waals surface area (Å²) < 4.78 is 0. The van der Waals surface area contributed by atoms with Gasteiger partial charge in [0.1, 0.15) is 0 Å². The molecule has 0 aromatic carbocycles. The van der Waals surface area contributed by atoms with Crippen LogP contribution in [0.2, 0.25) is 0 Å². The van der Waals surface area contributed by atoms with Gasteiger partial charge in [0, 0.05) is 6.20 Å². The smallest absolute Gasteiger partial charge is 0.230 e. The number of H-pyrrole nitrogens is 1. The van der Waals surface area contributed by atoms with E-state index < -0.39 is 0 Å². The standard InChI is InChI=1S/C16H23N3O/c1-14-3-11-4-15(2,8-14)10-16(5-11,9-14)13(20)19-12-6-17-18-7-12/h6-7,11H,3-5,8-10H2,1-2H3,(H,17,18)(H,19,20). The van der Waals surface area contributed by atoms with Crippen LogP contribution in [0.1, 0.15) is 52.4 Å². The third-order valence-electron chi connectivity index (χ3n) is 5.86. The van der Waals surface area contributed by atoms with E-state index in [1.54, 1.807) is 12.4 Å². The molecule has 5 rings (SSSR count). The summed E-state index contributed by atoms with van der Waals surface area (Å²) in [6.45, 7) is 4.80. The quantitative estimate of drug-likeness (QED) is 0.868. The van der Waals surface area contributed by atoms with Crippen LogP contribution in [0.4, 0.5) is 5.69 Å². The molecule has 1 aromatic rings. The first-order chi connectivity index (χ1) is 9.41. The summed E-state index contributed by atoms with van der Waals surface area (Å²) in [5.41, 5.74) is 1.41. The normalized spacial score (nSPS) is 45.6. The highest BCUT2D eigenvalue weighted by Gasteiger charge is 2.62. The van der Waals surface area contributed by atoms with Crippen molar-refractivity contribution in [3.05, 3.63) is 12.4 Å². The minimum atomic E-state index is -0.139. The molecule has 0 saturated heterocycles. The van der Waals surface area contributed by atoms with Crippen LogP contribution in [-0.2, 0) is 4.79 Å². The van der Waals surface area contributed by atoms with Crippen molar-refractivity contribution in [1.82, 2.24) is 10.2 Å². The molecule has 1 heterocycles. The molecule has 108 valence electrons. The number of aromatic nitrogens is 2. The summed E-state index contributed by atoms with van der Waals surface area (Å²) in [6.07, 6.45) is 10.6. The molecule has 2 atom stereocenters. The molecular weight excluding hydrogens is 250 g/mol. The van der Waals surface area contributed by atoms with Crippen LogP contribution in [0, 0.1) is 22.2 Å². The Morgan fingerprint density at radius 2 is 1.95 bits per heavy atom. The number of carbonyl (C=O) groups is 1. The van der Waals surface area contributed by atoms with Gasteiger partial charge in [-0.25, -0.2) is 0 Å². The van der Waals surface area contributed by atoms with Gasteiger partial charge in [0.2, 0.25) is 5.91 Å². The van der Waals surface area contributed by atoms with Gasteiger partial charge in [-0.2, -0.15) is 5.10 Å². The Hall–Kier alpha value is -1.32. The molecule has 4 bridgehead atoms. The summed E-state index contributed by atoms with van der Waals surface area (Å²) in [4.78, 5) is 12.9. The van der Waals surface area contributed by atoms with Crippen LogP contribution in [0.3, 0.4) is 0 Å². The van der Waals surface area contributed by atoms with Gasteiger partial charge in [-0.3, -0.25) is 9.89 Å². The van der Waals surface area contributed by atoms with E-state index in [2.05, 4.69) is 29.4 Å². The first-order valence-electron chi connectivity index (χ1n) is 7.71. The second-order valence-corrected chi connectivity index (χ2v) is 8.35. The molecule has 2 N–H and O–H groups in total. The summed E-state index contributed by atoms with van der Waals surface area (Å²) in [5, 5.41) is 9.75. The zero-order chi connectivity index (χ0) is 14.0. The Balaban J connectivity index is 1.65. The maximum atomic E-state index is 12.9. The average Bonchev–Trinajstić information content (AvgIpc) is 2.76. The fraction of sp³-hybridized carbons (Fsp3) is 0.750. The van der Waals surface area contributed by atoms with E-state index in [0.29, 0.717) is 10.8 Å². The highest BCUT2D eigenvalue weighted by Crippen LogP contribution is 2.69. The van der Waals surface area contributed by atoms with Crippen molar-refractivity contribution in [2.75, 3.05) is 5.32 Å². The van der Waals surface area contributed by atoms with Crippen molar-refractivity contribution < 1.29 is 4.79 Å². The second kappa shape index (κ2) is 3.66. The monoisotopic (exact) mass is 273 g/mol. The van der Waals surface area contributed by atoms with Crippen molar-refractivity contribution in [2.45, 2.75) is 52.4 Å². The van der Waals surface area contributed by atoms with Crippen LogP contribution in [-0.4, -0.2) is 16.1 Å². The molecule has 0 radical (unpaired) electrons. The molecule has 4 nitrogen and oxygen atoms in total. The number of amides is 1. The van der Waals surface area contributed by atoms with E-state index >= 15 is 0 Å². The Morgan fingerprint density at radius 3 is 2.50 bits per heavy atom. The van der Waals surface area contributed by atoms with Gasteiger partial charge in [-0.05, 0) is 55.3 Å². The molecule has 4 aliphatic carbocycles. The summed E-state index contributed by atoms with van der Waals surface area (Å²) >= 11 is 0. The van der Waals surface area contributed by atoms with E-state index in [9.17, 15) is 4.79 Å². The zero-order valence-corrected chi connectivity index (χ0v) is 12.3. The van der Waals surface area contributed by atoms with Gasteiger partial charge in [-0.15, -0.1) is 0 Å². The van der Waals surface area contributed by atoms with Crippen molar-refractivity contribution in [2.24, 2.45) is 22.2 Å². The largest absolute Gasteiger partial charge is 0.323 e. The number of hydrogen-bond acceptors (Lipinski definition) is 2. The van der Waals surface area contributed by atoms with Crippen molar-refractivity contribution in [3.8, 4) is 0 Å². The molecule has 4 heteroatoms. The van der Waals surface area contributed by atoms with Crippen LogP contribution < -0.4 is 5.32 Å². The molecule has 2 unspecified atom stereocenters. The molecule has 4 fully saturated rings. The lowest BCUT2D eigenvalue weighted by atomic mass is 9.40. The Morgan fingerprint density at radius 1 is 1.25 bits per heavy atom. The number of anilines is 1. The topological polar surface area (TPSA) is 57.8 Å². The third-order valence-corrected chi connectivity index (χ3v) is 5.86. The van der Waals surface area contributed by atoms with Crippen molar-refractivity contribution >= 4 is 11.6 Å². The fourth-order valence-electron chi connectivity index (χ4n) is 6.28. The number of rotatable bonds is 2. The van der Waals surface area contributed by atoms with Gasteiger partial charge in [0.05, 0.1) is 17.3 Å². The Labute approximate surface area is 119 Å². The van der Waals surface area contributed by atoms with Gasteiger partial charge in [0.25, 0.3) is 0 Å². The molecule has 1 amide bonds. The van der Waals surface area contributed by atoms with Gasteiger partial charge in [-0.1, -0.05) is 13.8 Å². The lowest BCUT2D eigenvalue weighted by Gasteiger charge is -2.64. The zero-order valence-electron chi connectivity index (χ0n) is 12.3. The Bertz CT molecular complexity index is 532. The van der Waals surface area contributed by atoms with E-state index in [1.807, 2.05) is 0 Å². The third kappa shape index (κ3) is 1.73. The first-order valence-corrected chi connectivity index (χ1v) is 7.71. The number of hydrogen-bond donors (Lipinski definition) is 2. The molecule has 1 aromatic heterocycles. The lowest BCUT2D eigenvalue weighted by molar-refractivity contribution is -0.165. The molecule has 4 aliphatic rings. The van der Waals surface area contributed by atoms with E-state index in [1.165, 1.54) is 19.3 Å². The minimum Gasteiger partial charge on any atom is -0.323 e.